The normalized spacial score (nSPS) is 12.0. The van der Waals surface area contributed by atoms with E-state index in [-0.39, 0.29) is 17.1 Å². The zero-order chi connectivity index (χ0) is 28.4. The van der Waals surface area contributed by atoms with Crippen LogP contribution in [0, 0.1) is 0 Å². The Bertz CT molecular complexity index is 1650. The number of nitrogens with one attached hydrogen (secondary N) is 1. The second kappa shape index (κ2) is 11.1. The first kappa shape index (κ1) is 27.3. The van der Waals surface area contributed by atoms with Crippen LogP contribution in [-0.2, 0) is 18.4 Å². The molecule has 4 heterocycles. The molecule has 0 spiro atoms. The van der Waals surface area contributed by atoms with E-state index < -0.39 is 0 Å². The van der Waals surface area contributed by atoms with Crippen LogP contribution >= 0.6 is 0 Å². The van der Waals surface area contributed by atoms with Gasteiger partial charge < -0.3 is 4.57 Å². The zero-order valence-electron chi connectivity index (χ0n) is 24.2. The van der Waals surface area contributed by atoms with E-state index in [9.17, 15) is 4.79 Å². The van der Waals surface area contributed by atoms with Crippen LogP contribution in [0.2, 0.25) is 0 Å². The molecule has 1 aromatic carbocycles. The monoisotopic (exact) mass is 538 g/mol. The third kappa shape index (κ3) is 5.41. The number of aryl methyl sites for hydroxylation is 1. The summed E-state index contributed by atoms with van der Waals surface area (Å²) in [6.45, 7) is 13.5. The summed E-state index contributed by atoms with van der Waals surface area (Å²) in [6, 6.07) is 14.5. The Balaban J connectivity index is 1.56. The molecule has 9 heteroatoms. The number of rotatable bonds is 9. The van der Waals surface area contributed by atoms with Crippen LogP contribution in [0.15, 0.2) is 65.8 Å². The zero-order valence-corrected chi connectivity index (χ0v) is 24.2. The van der Waals surface area contributed by atoms with Crippen molar-refractivity contribution < 1.29 is 0 Å². The summed E-state index contributed by atoms with van der Waals surface area (Å²) in [5.74, 6) is 1.56. The molecule has 0 aliphatic heterocycles. The largest absolute Gasteiger partial charge is 0.334 e. The maximum atomic E-state index is 14.1. The van der Waals surface area contributed by atoms with Gasteiger partial charge in [0.05, 0.1) is 12.2 Å². The average Bonchev–Trinajstić information content (AvgIpc) is 3.68. The highest BCUT2D eigenvalue weighted by Gasteiger charge is 2.26. The highest BCUT2D eigenvalue weighted by atomic mass is 16.1. The van der Waals surface area contributed by atoms with Gasteiger partial charge in [0.25, 0.3) is 0 Å². The van der Waals surface area contributed by atoms with Gasteiger partial charge in [0.2, 0.25) is 0 Å². The number of hydrogen-bond acceptors (Lipinski definition) is 5. The first-order valence-corrected chi connectivity index (χ1v) is 14.0. The lowest BCUT2D eigenvalue weighted by Crippen LogP contribution is -2.28. The average molecular weight is 539 g/mol. The van der Waals surface area contributed by atoms with E-state index in [0.717, 1.165) is 58.7 Å². The van der Waals surface area contributed by atoms with Crippen molar-refractivity contribution in [3.63, 3.8) is 0 Å². The van der Waals surface area contributed by atoms with Crippen molar-refractivity contribution in [1.82, 2.24) is 39.3 Å². The molecule has 0 unspecified atom stereocenters. The van der Waals surface area contributed by atoms with Crippen LogP contribution in [0.25, 0.3) is 28.3 Å². The molecule has 9 nitrogen and oxygen atoms in total. The smallest absolute Gasteiger partial charge is 0.331 e. The second-order valence-electron chi connectivity index (χ2n) is 11.6. The molecule has 4 aromatic heterocycles. The van der Waals surface area contributed by atoms with E-state index >= 15 is 0 Å². The molecular formula is C31H38N8O. The summed E-state index contributed by atoms with van der Waals surface area (Å²) in [4.78, 5) is 18.8. The lowest BCUT2D eigenvalue weighted by Gasteiger charge is -2.22. The van der Waals surface area contributed by atoms with E-state index in [1.165, 1.54) is 0 Å². The molecule has 5 rings (SSSR count). The fourth-order valence-electron chi connectivity index (χ4n) is 5.13. The molecule has 0 aliphatic carbocycles. The Morgan fingerprint density at radius 3 is 2.50 bits per heavy atom. The Hall–Kier alpha value is -4.27. The highest BCUT2D eigenvalue weighted by Crippen LogP contribution is 2.31. The molecule has 0 amide bonds. The number of aromatic amines is 1. The molecule has 0 bridgehead atoms. The molecular weight excluding hydrogens is 500 g/mol. The van der Waals surface area contributed by atoms with Crippen molar-refractivity contribution in [3.05, 3.63) is 88.5 Å². The molecule has 0 fully saturated rings. The Labute approximate surface area is 234 Å². The number of tetrazole rings is 1. The van der Waals surface area contributed by atoms with Crippen molar-refractivity contribution in [3.8, 4) is 28.3 Å². The van der Waals surface area contributed by atoms with Crippen LogP contribution in [0.1, 0.15) is 77.4 Å². The second-order valence-corrected chi connectivity index (χ2v) is 11.6. The summed E-state index contributed by atoms with van der Waals surface area (Å²) >= 11 is 0. The number of unbranched alkanes of at least 4 members (excludes halogenated alkanes) is 1. The van der Waals surface area contributed by atoms with Gasteiger partial charge in [0.1, 0.15) is 5.82 Å². The minimum Gasteiger partial charge on any atom is -0.331 e. The standard InChI is InChI=1S/C31H38N8O/c1-7-8-12-26-20-39(29-27(31(4,5)6)14-16-37(29)21(2)3)30(40)38(26)19-25-18-23(13-15-32-25)22-10-9-11-24(17-22)28-33-35-36-34-28/h9-11,13-18,20-21H,7-8,12,19H2,1-6H3,(H,33,34,35,36). The van der Waals surface area contributed by atoms with Gasteiger partial charge in [-0.2, -0.15) is 0 Å². The Morgan fingerprint density at radius 1 is 1.02 bits per heavy atom. The van der Waals surface area contributed by atoms with E-state index in [1.54, 1.807) is 0 Å². The maximum absolute atomic E-state index is 14.1. The van der Waals surface area contributed by atoms with Crippen molar-refractivity contribution in [2.75, 3.05) is 0 Å². The molecule has 0 aliphatic rings. The summed E-state index contributed by atoms with van der Waals surface area (Å²) in [5, 5.41) is 14.2. The van der Waals surface area contributed by atoms with E-state index in [2.05, 4.69) is 96.1 Å². The third-order valence-electron chi connectivity index (χ3n) is 7.28. The van der Waals surface area contributed by atoms with Crippen LogP contribution in [0.3, 0.4) is 0 Å². The van der Waals surface area contributed by atoms with Crippen molar-refractivity contribution in [2.24, 2.45) is 0 Å². The van der Waals surface area contributed by atoms with Crippen molar-refractivity contribution >= 4 is 0 Å². The highest BCUT2D eigenvalue weighted by molar-refractivity contribution is 5.70. The lowest BCUT2D eigenvalue weighted by atomic mass is 9.88. The van der Waals surface area contributed by atoms with Crippen LogP contribution < -0.4 is 5.69 Å². The number of benzene rings is 1. The van der Waals surface area contributed by atoms with Gasteiger partial charge in [0, 0.05) is 41.5 Å². The first-order valence-electron chi connectivity index (χ1n) is 14.0. The van der Waals surface area contributed by atoms with E-state index in [4.69, 9.17) is 0 Å². The quantitative estimate of drug-likeness (QED) is 0.250. The number of H-pyrrole nitrogens is 1. The Kier molecular flexibility index (Phi) is 7.56. The number of hydrogen-bond donors (Lipinski definition) is 1. The summed E-state index contributed by atoms with van der Waals surface area (Å²) < 4.78 is 5.94. The van der Waals surface area contributed by atoms with Gasteiger partial charge in [-0.3, -0.25) is 14.1 Å². The fraction of sp³-hybridized carbons (Fsp3) is 0.387. The Morgan fingerprint density at radius 2 is 1.80 bits per heavy atom. The first-order chi connectivity index (χ1) is 19.2. The molecule has 0 saturated heterocycles. The van der Waals surface area contributed by atoms with Crippen LogP contribution in [-0.4, -0.2) is 39.3 Å². The topological polar surface area (TPSA) is 99.2 Å². The number of nitrogens with zero attached hydrogens (tertiary/aromatic N) is 7. The SMILES string of the molecule is CCCCc1cn(-c2c(C(C)(C)C)ccn2C(C)C)c(=O)n1Cc1cc(-c2cccc(-c3nnn[nH]3)c2)ccn1. The minimum atomic E-state index is -0.104. The predicted octanol–water partition coefficient (Wildman–Crippen LogP) is 5.95. The minimum absolute atomic E-state index is 0.0378. The van der Waals surface area contributed by atoms with Gasteiger partial charge in [0.15, 0.2) is 5.82 Å². The number of imidazole rings is 1. The number of aromatic nitrogens is 8. The fourth-order valence-corrected chi connectivity index (χ4v) is 5.13. The molecule has 208 valence electrons. The van der Waals surface area contributed by atoms with Gasteiger partial charge in [-0.15, -0.1) is 5.10 Å². The molecule has 1 N–H and O–H groups in total. The van der Waals surface area contributed by atoms with E-state index in [1.807, 2.05) is 45.8 Å². The molecule has 0 radical (unpaired) electrons. The molecule has 40 heavy (non-hydrogen) atoms. The number of pyridine rings is 1. The van der Waals surface area contributed by atoms with Gasteiger partial charge in [-0.25, -0.2) is 9.89 Å². The third-order valence-corrected chi connectivity index (χ3v) is 7.28. The van der Waals surface area contributed by atoms with Gasteiger partial charge in [-0.1, -0.05) is 52.3 Å². The predicted molar refractivity (Wildman–Crippen MR) is 158 cm³/mol. The van der Waals surface area contributed by atoms with Crippen molar-refractivity contribution in [1.29, 1.82) is 0 Å². The van der Waals surface area contributed by atoms with E-state index in [0.29, 0.717) is 12.4 Å². The lowest BCUT2D eigenvalue weighted by molar-refractivity contribution is 0.553. The molecule has 0 atom stereocenters. The summed E-state index contributed by atoms with van der Waals surface area (Å²) in [5.41, 5.74) is 5.82. The van der Waals surface area contributed by atoms with Gasteiger partial charge >= 0.3 is 5.69 Å². The van der Waals surface area contributed by atoms with Gasteiger partial charge in [-0.05, 0) is 77.9 Å². The van der Waals surface area contributed by atoms with Crippen LogP contribution in [0.4, 0.5) is 0 Å². The van der Waals surface area contributed by atoms with Crippen LogP contribution in [0.5, 0.6) is 0 Å². The summed E-state index contributed by atoms with van der Waals surface area (Å²) in [6.07, 6.45) is 8.85. The van der Waals surface area contributed by atoms with Crippen molar-refractivity contribution in [2.45, 2.75) is 78.8 Å². The summed E-state index contributed by atoms with van der Waals surface area (Å²) in [7, 11) is 0. The molecule has 0 saturated carbocycles. The molecule has 5 aromatic rings. The maximum Gasteiger partial charge on any atom is 0.334 e.